The number of nitrogens with zero attached hydrogens (tertiary/aromatic N) is 3. The second-order valence-electron chi connectivity index (χ2n) is 6.91. The average molecular weight is 414 g/mol. The van der Waals surface area contributed by atoms with Crippen molar-refractivity contribution in [3.05, 3.63) is 52.9 Å². The van der Waals surface area contributed by atoms with Gasteiger partial charge in [0.05, 0.1) is 11.3 Å². The number of thiazole rings is 1. The van der Waals surface area contributed by atoms with Crippen molar-refractivity contribution in [2.24, 2.45) is 5.92 Å². The van der Waals surface area contributed by atoms with Gasteiger partial charge in [-0.05, 0) is 31.9 Å². The highest BCUT2D eigenvalue weighted by molar-refractivity contribution is 7.13. The standard InChI is InChI=1S/C20H19FN4O3S/c1-12-11-29-20(22-12)23-18(26)13-6-8-25(9-7-13)19(27)16-10-17(28-24-16)14-4-2-3-5-15(14)21/h2-5,10-11,13H,6-9H2,1H3,(H,22,23,26). The Balaban J connectivity index is 1.36. The van der Waals surface area contributed by atoms with Crippen LogP contribution in [0.15, 0.2) is 40.2 Å². The van der Waals surface area contributed by atoms with E-state index < -0.39 is 5.82 Å². The summed E-state index contributed by atoms with van der Waals surface area (Å²) in [4.78, 5) is 31.0. The molecule has 7 nitrogen and oxygen atoms in total. The molecule has 0 aliphatic carbocycles. The van der Waals surface area contributed by atoms with Gasteiger partial charge in [0.2, 0.25) is 5.91 Å². The molecule has 0 saturated carbocycles. The van der Waals surface area contributed by atoms with E-state index in [9.17, 15) is 14.0 Å². The summed E-state index contributed by atoms with van der Waals surface area (Å²) in [6, 6.07) is 7.60. The molecule has 2 aromatic heterocycles. The number of aromatic nitrogens is 2. The van der Waals surface area contributed by atoms with Crippen molar-refractivity contribution in [2.75, 3.05) is 18.4 Å². The van der Waals surface area contributed by atoms with Crippen LogP contribution in [-0.2, 0) is 4.79 Å². The molecule has 0 radical (unpaired) electrons. The zero-order valence-corrected chi connectivity index (χ0v) is 16.5. The van der Waals surface area contributed by atoms with E-state index in [1.807, 2.05) is 12.3 Å². The minimum absolute atomic E-state index is 0.0743. The molecular formula is C20H19FN4O3S. The zero-order valence-electron chi connectivity index (χ0n) is 15.7. The lowest BCUT2D eigenvalue weighted by molar-refractivity contribution is -0.121. The predicted octanol–water partition coefficient (Wildman–Crippen LogP) is 3.74. The first-order valence-electron chi connectivity index (χ1n) is 9.25. The van der Waals surface area contributed by atoms with Gasteiger partial charge in [0.25, 0.3) is 5.91 Å². The molecule has 1 fully saturated rings. The molecule has 1 aromatic carbocycles. The molecule has 1 N–H and O–H groups in total. The van der Waals surface area contributed by atoms with Gasteiger partial charge >= 0.3 is 0 Å². The number of anilines is 1. The summed E-state index contributed by atoms with van der Waals surface area (Å²) in [5.41, 5.74) is 1.25. The first-order chi connectivity index (χ1) is 14.0. The third-order valence-electron chi connectivity index (χ3n) is 4.87. The Morgan fingerprint density at radius 1 is 1.28 bits per heavy atom. The molecule has 1 saturated heterocycles. The van der Waals surface area contributed by atoms with Gasteiger partial charge in [-0.3, -0.25) is 9.59 Å². The Bertz CT molecular complexity index is 1040. The third-order valence-corrected chi connectivity index (χ3v) is 5.75. The second-order valence-corrected chi connectivity index (χ2v) is 7.76. The fraction of sp³-hybridized carbons (Fsp3) is 0.300. The second kappa shape index (κ2) is 8.12. The highest BCUT2D eigenvalue weighted by atomic mass is 32.1. The number of carbonyl (C=O) groups excluding carboxylic acids is 2. The Morgan fingerprint density at radius 2 is 2.03 bits per heavy atom. The smallest absolute Gasteiger partial charge is 0.276 e. The van der Waals surface area contributed by atoms with E-state index >= 15 is 0 Å². The van der Waals surface area contributed by atoms with Crippen molar-refractivity contribution >= 4 is 28.3 Å². The molecule has 29 heavy (non-hydrogen) atoms. The maximum atomic E-state index is 13.9. The molecule has 9 heteroatoms. The van der Waals surface area contributed by atoms with Gasteiger partial charge in [0, 0.05) is 30.5 Å². The van der Waals surface area contributed by atoms with Crippen molar-refractivity contribution in [2.45, 2.75) is 19.8 Å². The minimum atomic E-state index is -0.440. The number of piperidine rings is 1. The highest BCUT2D eigenvalue weighted by Gasteiger charge is 2.29. The summed E-state index contributed by atoms with van der Waals surface area (Å²) in [6.45, 7) is 2.75. The number of amides is 2. The third kappa shape index (κ3) is 4.19. The first kappa shape index (κ1) is 19.3. The van der Waals surface area contributed by atoms with Crippen LogP contribution in [0.1, 0.15) is 29.0 Å². The minimum Gasteiger partial charge on any atom is -0.355 e. The summed E-state index contributed by atoms with van der Waals surface area (Å²) in [5, 5.41) is 9.11. The topological polar surface area (TPSA) is 88.3 Å². The van der Waals surface area contributed by atoms with Gasteiger partial charge in [0.15, 0.2) is 16.6 Å². The number of hydrogen-bond donors (Lipinski definition) is 1. The van der Waals surface area contributed by atoms with Crippen LogP contribution in [0, 0.1) is 18.7 Å². The lowest BCUT2D eigenvalue weighted by Gasteiger charge is -2.30. The molecule has 3 heterocycles. The lowest BCUT2D eigenvalue weighted by Crippen LogP contribution is -2.41. The molecule has 3 aromatic rings. The van der Waals surface area contributed by atoms with E-state index in [1.54, 1.807) is 23.1 Å². The number of nitrogens with one attached hydrogen (secondary N) is 1. The van der Waals surface area contributed by atoms with Gasteiger partial charge in [-0.1, -0.05) is 17.3 Å². The summed E-state index contributed by atoms with van der Waals surface area (Å²) >= 11 is 1.39. The van der Waals surface area contributed by atoms with Crippen molar-refractivity contribution in [1.82, 2.24) is 15.0 Å². The van der Waals surface area contributed by atoms with Crippen LogP contribution in [-0.4, -0.2) is 39.9 Å². The fourth-order valence-electron chi connectivity index (χ4n) is 3.29. The number of aryl methyl sites for hydroxylation is 1. The summed E-state index contributed by atoms with van der Waals surface area (Å²) in [7, 11) is 0. The van der Waals surface area contributed by atoms with Crippen LogP contribution in [0.25, 0.3) is 11.3 Å². The largest absolute Gasteiger partial charge is 0.355 e. The van der Waals surface area contributed by atoms with Crippen LogP contribution in [0.2, 0.25) is 0 Å². The molecule has 0 unspecified atom stereocenters. The Labute approximate surface area is 170 Å². The van der Waals surface area contributed by atoms with Gasteiger partial charge in [0.1, 0.15) is 5.82 Å². The number of hydrogen-bond acceptors (Lipinski definition) is 6. The van der Waals surface area contributed by atoms with Crippen LogP contribution < -0.4 is 5.32 Å². The molecule has 0 spiro atoms. The molecule has 1 aliphatic rings. The molecule has 1 aliphatic heterocycles. The quantitative estimate of drug-likeness (QED) is 0.703. The predicted molar refractivity (Wildman–Crippen MR) is 106 cm³/mol. The van der Waals surface area contributed by atoms with Gasteiger partial charge in [-0.15, -0.1) is 11.3 Å². The summed E-state index contributed by atoms with van der Waals surface area (Å²) in [6.07, 6.45) is 1.11. The zero-order chi connectivity index (χ0) is 20.4. The molecular weight excluding hydrogens is 395 g/mol. The Kier molecular flexibility index (Phi) is 5.39. The van der Waals surface area contributed by atoms with Crippen molar-refractivity contribution in [1.29, 1.82) is 0 Å². The maximum Gasteiger partial charge on any atom is 0.276 e. The summed E-state index contributed by atoms with van der Waals surface area (Å²) < 4.78 is 19.1. The van der Waals surface area contributed by atoms with Crippen LogP contribution in [0.4, 0.5) is 9.52 Å². The number of carbonyl (C=O) groups is 2. The van der Waals surface area contributed by atoms with E-state index in [0.29, 0.717) is 31.1 Å². The normalized spacial score (nSPS) is 14.8. The van der Waals surface area contributed by atoms with E-state index in [2.05, 4.69) is 15.5 Å². The lowest BCUT2D eigenvalue weighted by atomic mass is 9.96. The highest BCUT2D eigenvalue weighted by Crippen LogP contribution is 2.25. The Hall–Kier alpha value is -3.07. The molecule has 0 atom stereocenters. The maximum absolute atomic E-state index is 13.9. The molecule has 0 bridgehead atoms. The van der Waals surface area contributed by atoms with E-state index in [1.165, 1.54) is 23.5 Å². The summed E-state index contributed by atoms with van der Waals surface area (Å²) in [5.74, 6) is -0.764. The number of halogens is 1. The molecule has 4 rings (SSSR count). The average Bonchev–Trinajstić information content (AvgIpc) is 3.37. The molecule has 150 valence electrons. The van der Waals surface area contributed by atoms with Crippen molar-refractivity contribution < 1.29 is 18.5 Å². The van der Waals surface area contributed by atoms with Crippen molar-refractivity contribution in [3.63, 3.8) is 0 Å². The fourth-order valence-corrected chi connectivity index (χ4v) is 3.98. The Morgan fingerprint density at radius 3 is 2.72 bits per heavy atom. The van der Waals surface area contributed by atoms with E-state index in [4.69, 9.17) is 4.52 Å². The number of likely N-dealkylation sites (tertiary alicyclic amines) is 1. The van der Waals surface area contributed by atoms with Gasteiger partial charge in [-0.25, -0.2) is 9.37 Å². The molecule has 2 amide bonds. The van der Waals surface area contributed by atoms with E-state index in [0.717, 1.165) is 5.69 Å². The first-order valence-corrected chi connectivity index (χ1v) is 10.1. The van der Waals surface area contributed by atoms with Gasteiger partial charge in [-0.2, -0.15) is 0 Å². The van der Waals surface area contributed by atoms with Crippen LogP contribution >= 0.6 is 11.3 Å². The van der Waals surface area contributed by atoms with Crippen molar-refractivity contribution in [3.8, 4) is 11.3 Å². The van der Waals surface area contributed by atoms with Gasteiger partial charge < -0.3 is 14.7 Å². The number of benzene rings is 1. The number of rotatable bonds is 4. The SMILES string of the molecule is Cc1csc(NC(=O)C2CCN(C(=O)c3cc(-c4ccccc4F)on3)CC2)n1. The van der Waals surface area contributed by atoms with Crippen LogP contribution in [0.5, 0.6) is 0 Å². The van der Waals surface area contributed by atoms with E-state index in [-0.39, 0.29) is 34.7 Å². The van der Waals surface area contributed by atoms with Crippen LogP contribution in [0.3, 0.4) is 0 Å². The monoisotopic (exact) mass is 414 g/mol.